The molecule has 0 spiro atoms. The minimum absolute atomic E-state index is 0.684. The molecule has 0 radical (unpaired) electrons. The topological polar surface area (TPSA) is 12.0 Å². The van der Waals surface area contributed by atoms with E-state index in [2.05, 4.69) is 33.1 Å². The van der Waals surface area contributed by atoms with Crippen molar-refractivity contribution < 1.29 is 0 Å². The molecule has 1 fully saturated rings. The Morgan fingerprint density at radius 2 is 1.73 bits per heavy atom. The van der Waals surface area contributed by atoms with Crippen LogP contribution in [0.4, 0.5) is 0 Å². The standard InChI is InChI=1S/C14H29N/c1-5-13-6-8-14(9-7-13)11(2)10-12(3)15-4/h11-15H,5-10H2,1-4H3. The van der Waals surface area contributed by atoms with E-state index in [-0.39, 0.29) is 0 Å². The summed E-state index contributed by atoms with van der Waals surface area (Å²) in [5.74, 6) is 2.95. The van der Waals surface area contributed by atoms with Crippen LogP contribution in [0.25, 0.3) is 0 Å². The molecule has 0 saturated heterocycles. The quantitative estimate of drug-likeness (QED) is 0.728. The van der Waals surface area contributed by atoms with Gasteiger partial charge in [0.05, 0.1) is 0 Å². The Kier molecular flexibility index (Phi) is 5.66. The van der Waals surface area contributed by atoms with Crippen molar-refractivity contribution in [3.63, 3.8) is 0 Å². The Morgan fingerprint density at radius 3 is 2.20 bits per heavy atom. The van der Waals surface area contributed by atoms with Gasteiger partial charge in [-0.2, -0.15) is 0 Å². The summed E-state index contributed by atoms with van der Waals surface area (Å²) in [7, 11) is 2.07. The maximum absolute atomic E-state index is 3.35. The van der Waals surface area contributed by atoms with Crippen LogP contribution in [-0.4, -0.2) is 13.1 Å². The lowest BCUT2D eigenvalue weighted by molar-refractivity contribution is 0.196. The largest absolute Gasteiger partial charge is 0.317 e. The third kappa shape index (κ3) is 4.14. The van der Waals surface area contributed by atoms with Gasteiger partial charge in [0, 0.05) is 6.04 Å². The molecule has 0 heterocycles. The maximum Gasteiger partial charge on any atom is 0.00383 e. The van der Waals surface area contributed by atoms with Gasteiger partial charge in [-0.15, -0.1) is 0 Å². The Balaban J connectivity index is 2.26. The molecule has 1 rings (SSSR count). The van der Waals surface area contributed by atoms with Crippen LogP contribution in [0, 0.1) is 17.8 Å². The van der Waals surface area contributed by atoms with E-state index in [0.717, 1.165) is 17.8 Å². The average molecular weight is 211 g/mol. The molecular weight excluding hydrogens is 182 g/mol. The lowest BCUT2D eigenvalue weighted by Crippen LogP contribution is -2.28. The highest BCUT2D eigenvalue weighted by Gasteiger charge is 2.24. The lowest BCUT2D eigenvalue weighted by atomic mass is 9.74. The molecule has 2 atom stereocenters. The van der Waals surface area contributed by atoms with Crippen molar-refractivity contribution in [2.45, 2.75) is 65.3 Å². The highest BCUT2D eigenvalue weighted by molar-refractivity contribution is 4.77. The zero-order chi connectivity index (χ0) is 11.3. The third-order valence-electron chi connectivity index (χ3n) is 4.49. The second-order valence-electron chi connectivity index (χ2n) is 5.59. The van der Waals surface area contributed by atoms with E-state index in [1.807, 2.05) is 0 Å². The van der Waals surface area contributed by atoms with Crippen LogP contribution in [0.5, 0.6) is 0 Å². The third-order valence-corrected chi connectivity index (χ3v) is 4.49. The van der Waals surface area contributed by atoms with Gasteiger partial charge >= 0.3 is 0 Å². The van der Waals surface area contributed by atoms with Gasteiger partial charge in [-0.1, -0.05) is 33.1 Å². The average Bonchev–Trinajstić information content (AvgIpc) is 2.29. The molecule has 1 aliphatic carbocycles. The molecule has 0 bridgehead atoms. The minimum atomic E-state index is 0.684. The molecule has 1 saturated carbocycles. The Morgan fingerprint density at radius 1 is 1.13 bits per heavy atom. The first-order valence-electron chi connectivity index (χ1n) is 6.84. The van der Waals surface area contributed by atoms with Gasteiger partial charge in [0.2, 0.25) is 0 Å². The zero-order valence-corrected chi connectivity index (χ0v) is 11.1. The fourth-order valence-electron chi connectivity index (χ4n) is 3.03. The monoisotopic (exact) mass is 211 g/mol. The maximum atomic E-state index is 3.35. The van der Waals surface area contributed by atoms with Crippen molar-refractivity contribution in [1.29, 1.82) is 0 Å². The molecule has 0 aromatic rings. The lowest BCUT2D eigenvalue weighted by Gasteiger charge is -2.33. The van der Waals surface area contributed by atoms with E-state index in [9.17, 15) is 0 Å². The SMILES string of the molecule is CCC1CCC(C(C)CC(C)NC)CC1. The molecule has 0 aliphatic heterocycles. The van der Waals surface area contributed by atoms with E-state index in [4.69, 9.17) is 0 Å². The normalized spacial score (nSPS) is 31.2. The summed E-state index contributed by atoms with van der Waals surface area (Å²) < 4.78 is 0. The van der Waals surface area contributed by atoms with Crippen LogP contribution in [0.2, 0.25) is 0 Å². The Labute approximate surface area is 96.0 Å². The number of hydrogen-bond acceptors (Lipinski definition) is 1. The Bertz CT molecular complexity index is 159. The van der Waals surface area contributed by atoms with E-state index in [1.54, 1.807) is 0 Å². The summed E-state index contributed by atoms with van der Waals surface area (Å²) in [4.78, 5) is 0. The number of nitrogens with one attached hydrogen (secondary N) is 1. The van der Waals surface area contributed by atoms with Gasteiger partial charge < -0.3 is 5.32 Å². The van der Waals surface area contributed by atoms with Gasteiger partial charge in [-0.3, -0.25) is 0 Å². The van der Waals surface area contributed by atoms with Crippen molar-refractivity contribution in [3.8, 4) is 0 Å². The summed E-state index contributed by atoms with van der Waals surface area (Å²) in [6.45, 7) is 7.09. The molecule has 15 heavy (non-hydrogen) atoms. The van der Waals surface area contributed by atoms with Crippen LogP contribution in [0.15, 0.2) is 0 Å². The smallest absolute Gasteiger partial charge is 0.00383 e. The van der Waals surface area contributed by atoms with E-state index in [1.165, 1.54) is 38.5 Å². The molecule has 1 aliphatic rings. The molecule has 1 N–H and O–H groups in total. The predicted octanol–water partition coefficient (Wildman–Crippen LogP) is 3.84. The van der Waals surface area contributed by atoms with Crippen molar-refractivity contribution >= 4 is 0 Å². The molecule has 0 aromatic heterocycles. The first kappa shape index (κ1) is 13.0. The number of hydrogen-bond donors (Lipinski definition) is 1. The summed E-state index contributed by atoms with van der Waals surface area (Å²) >= 11 is 0. The van der Waals surface area contributed by atoms with Crippen molar-refractivity contribution in [2.75, 3.05) is 7.05 Å². The molecule has 1 nitrogen and oxygen atoms in total. The van der Waals surface area contributed by atoms with Crippen LogP contribution in [0.3, 0.4) is 0 Å². The Hall–Kier alpha value is -0.0400. The molecule has 2 unspecified atom stereocenters. The van der Waals surface area contributed by atoms with Gasteiger partial charge in [-0.05, 0) is 51.0 Å². The van der Waals surface area contributed by atoms with Crippen LogP contribution >= 0.6 is 0 Å². The molecule has 0 aromatic carbocycles. The molecule has 1 heteroatoms. The van der Waals surface area contributed by atoms with Gasteiger partial charge in [0.25, 0.3) is 0 Å². The van der Waals surface area contributed by atoms with Crippen LogP contribution in [0.1, 0.15) is 59.3 Å². The van der Waals surface area contributed by atoms with Gasteiger partial charge in [0.15, 0.2) is 0 Å². The molecular formula is C14H29N. The van der Waals surface area contributed by atoms with Crippen molar-refractivity contribution in [3.05, 3.63) is 0 Å². The van der Waals surface area contributed by atoms with Gasteiger partial charge in [0.1, 0.15) is 0 Å². The number of rotatable bonds is 5. The summed E-state index contributed by atoms with van der Waals surface area (Å²) in [6, 6.07) is 0.684. The first-order valence-corrected chi connectivity index (χ1v) is 6.84. The minimum Gasteiger partial charge on any atom is -0.317 e. The fourth-order valence-corrected chi connectivity index (χ4v) is 3.03. The molecule has 0 amide bonds. The highest BCUT2D eigenvalue weighted by Crippen LogP contribution is 2.36. The second-order valence-corrected chi connectivity index (χ2v) is 5.59. The van der Waals surface area contributed by atoms with Crippen LogP contribution < -0.4 is 5.32 Å². The zero-order valence-electron chi connectivity index (χ0n) is 11.1. The van der Waals surface area contributed by atoms with Crippen LogP contribution in [-0.2, 0) is 0 Å². The van der Waals surface area contributed by atoms with E-state index in [0.29, 0.717) is 6.04 Å². The fraction of sp³-hybridized carbons (Fsp3) is 1.00. The van der Waals surface area contributed by atoms with E-state index >= 15 is 0 Å². The van der Waals surface area contributed by atoms with Crippen molar-refractivity contribution in [2.24, 2.45) is 17.8 Å². The predicted molar refractivity (Wildman–Crippen MR) is 68.0 cm³/mol. The second kappa shape index (κ2) is 6.52. The van der Waals surface area contributed by atoms with Crippen molar-refractivity contribution in [1.82, 2.24) is 5.32 Å². The summed E-state index contributed by atoms with van der Waals surface area (Å²) in [5, 5.41) is 3.35. The summed E-state index contributed by atoms with van der Waals surface area (Å²) in [5.41, 5.74) is 0. The first-order chi connectivity index (χ1) is 7.17. The summed E-state index contributed by atoms with van der Waals surface area (Å²) in [6.07, 6.45) is 8.68. The van der Waals surface area contributed by atoms with E-state index < -0.39 is 0 Å². The highest BCUT2D eigenvalue weighted by atomic mass is 14.8. The van der Waals surface area contributed by atoms with Gasteiger partial charge in [-0.25, -0.2) is 0 Å². The molecule has 90 valence electrons.